The number of benzene rings is 1. The molecule has 5 heteroatoms. The third-order valence-electron chi connectivity index (χ3n) is 4.33. The van der Waals surface area contributed by atoms with Crippen LogP contribution in [0.15, 0.2) is 39.8 Å². The maximum atomic E-state index is 4.19. The van der Waals surface area contributed by atoms with E-state index in [1.165, 1.54) is 23.2 Å². The molecule has 0 radical (unpaired) electrons. The summed E-state index contributed by atoms with van der Waals surface area (Å²) in [6, 6.07) is 6.89. The third-order valence-corrected chi connectivity index (χ3v) is 27.8. The molecule has 1 nitrogen and oxygen atoms in total. The van der Waals surface area contributed by atoms with Gasteiger partial charge in [-0.05, 0) is 0 Å². The first kappa shape index (κ1) is 24.2. The van der Waals surface area contributed by atoms with Gasteiger partial charge in [-0.15, -0.1) is 24.8 Å². The Morgan fingerprint density at radius 3 is 1.92 bits per heavy atom. The number of hydrogen-bond acceptors (Lipinski definition) is 1. The molecule has 1 N–H and O–H groups in total. The molecule has 0 amide bonds. The maximum Gasteiger partial charge on any atom is -0.147 e. The topological polar surface area (TPSA) is 12.0 Å². The second-order valence-electron chi connectivity index (χ2n) is 7.14. The largest absolute Gasteiger partial charge is 0.147 e. The van der Waals surface area contributed by atoms with E-state index < -0.39 is 26.9 Å². The minimum absolute atomic E-state index is 0. The standard InChI is InChI=1S/C12H18N.C5H5.C2H7Si.2ClH.Hf/c1-8(2)10-6-5-7-11(9(3)4)12(10)13;1-2-4-5-3-1;1-3-2;;;/h5-9,13H,1-4H3;1-3H,4H2;3H,1-2H3;2*1H;/q-1;;;;;+1. The Morgan fingerprint density at radius 1 is 1.00 bits per heavy atom. The van der Waals surface area contributed by atoms with Crippen molar-refractivity contribution in [3.05, 3.63) is 50.9 Å². The number of halogens is 2. The van der Waals surface area contributed by atoms with E-state index in [0.29, 0.717) is 11.8 Å². The Kier molecular flexibility index (Phi) is 11.1. The quantitative estimate of drug-likeness (QED) is 0.395. The molecule has 2 rings (SSSR count). The zero-order valence-electron chi connectivity index (χ0n) is 15.7. The number of rotatable bonds is 6. The predicted octanol–water partition coefficient (Wildman–Crippen LogP) is 6.55. The molecule has 0 saturated heterocycles. The SMILES string of the molecule is CC(C)c1cccc(C(C)C)c1[NH][Hf]([C]1=CC=CC1)[SiH](C)C.Cl.Cl. The van der Waals surface area contributed by atoms with Crippen LogP contribution in [0.2, 0.25) is 13.1 Å². The van der Waals surface area contributed by atoms with Crippen LogP contribution in [0.1, 0.15) is 57.1 Å². The summed E-state index contributed by atoms with van der Waals surface area (Å²) in [6.07, 6.45) is 8.21. The van der Waals surface area contributed by atoms with Crippen LogP contribution in [0.3, 0.4) is 0 Å². The van der Waals surface area contributed by atoms with Crippen molar-refractivity contribution in [1.29, 1.82) is 0 Å². The van der Waals surface area contributed by atoms with Crippen molar-refractivity contribution in [1.82, 2.24) is 0 Å². The summed E-state index contributed by atoms with van der Waals surface area (Å²) in [4.78, 5) is 0. The Hall–Kier alpha value is 0.167. The van der Waals surface area contributed by atoms with Crippen LogP contribution >= 0.6 is 24.8 Å². The average molecular weight is 552 g/mol. The van der Waals surface area contributed by atoms with E-state index in [1.807, 2.05) is 0 Å². The van der Waals surface area contributed by atoms with Crippen LogP contribution in [-0.4, -0.2) is 5.98 Å². The third kappa shape index (κ3) is 5.86. The Morgan fingerprint density at radius 2 is 1.54 bits per heavy atom. The van der Waals surface area contributed by atoms with Crippen LogP contribution in [0, 0.1) is 0 Å². The first-order valence-electron chi connectivity index (χ1n) is 8.54. The maximum absolute atomic E-state index is 4.19. The molecule has 0 heterocycles. The zero-order valence-corrected chi connectivity index (χ0v) is 22.1. The second kappa shape index (κ2) is 11.0. The van der Waals surface area contributed by atoms with Crippen molar-refractivity contribution in [3.63, 3.8) is 0 Å². The van der Waals surface area contributed by atoms with Crippen molar-refractivity contribution in [3.8, 4) is 0 Å². The van der Waals surface area contributed by atoms with Gasteiger partial charge in [0.25, 0.3) is 0 Å². The molecule has 0 aromatic heterocycles. The van der Waals surface area contributed by atoms with Gasteiger partial charge in [-0.25, -0.2) is 0 Å². The molecule has 1 aliphatic carbocycles. The average Bonchev–Trinajstić information content (AvgIpc) is 2.97. The van der Waals surface area contributed by atoms with E-state index in [9.17, 15) is 0 Å². The monoisotopic (exact) mass is 552 g/mol. The Labute approximate surface area is 169 Å². The molecular weight excluding hydrogens is 520 g/mol. The number of allylic oxidation sites excluding steroid dienone is 4. The molecule has 0 unspecified atom stereocenters. The van der Waals surface area contributed by atoms with Crippen molar-refractivity contribution >= 4 is 36.5 Å². The molecule has 1 aliphatic rings. The van der Waals surface area contributed by atoms with Gasteiger partial charge in [-0.2, -0.15) is 0 Å². The van der Waals surface area contributed by atoms with Gasteiger partial charge in [0.1, 0.15) is 0 Å². The first-order valence-corrected chi connectivity index (χ1v) is 21.2. The molecule has 0 aliphatic heterocycles. The molecule has 135 valence electrons. The van der Waals surface area contributed by atoms with E-state index in [1.54, 1.807) is 3.33 Å². The number of hydrogen-bond donors (Lipinski definition) is 1. The van der Waals surface area contributed by atoms with Crippen molar-refractivity contribution in [2.45, 2.75) is 59.0 Å². The Balaban J connectivity index is 0.00000264. The summed E-state index contributed by atoms with van der Waals surface area (Å²) in [5, 5.41) is 0. The van der Waals surface area contributed by atoms with Crippen molar-refractivity contribution in [2.75, 3.05) is 3.30 Å². The summed E-state index contributed by atoms with van der Waals surface area (Å²) in [5.41, 5.74) is 4.51. The van der Waals surface area contributed by atoms with Gasteiger partial charge in [-0.3, -0.25) is 0 Å². The van der Waals surface area contributed by atoms with Crippen molar-refractivity contribution in [2.24, 2.45) is 0 Å². The van der Waals surface area contributed by atoms with Gasteiger partial charge in [0.15, 0.2) is 0 Å². The summed E-state index contributed by atoms with van der Waals surface area (Å²) in [6.45, 7) is 14.4. The summed E-state index contributed by atoms with van der Waals surface area (Å²) < 4.78 is 5.96. The summed E-state index contributed by atoms with van der Waals surface area (Å²) in [5.74, 6) is 0.544. The molecule has 0 spiro atoms. The van der Waals surface area contributed by atoms with Gasteiger partial charge >= 0.3 is 146 Å². The summed E-state index contributed by atoms with van der Waals surface area (Å²) >= 11 is -1.88. The molecule has 0 saturated carbocycles. The van der Waals surface area contributed by atoms with E-state index in [-0.39, 0.29) is 24.8 Å². The van der Waals surface area contributed by atoms with E-state index in [0.717, 1.165) is 0 Å². The van der Waals surface area contributed by atoms with Crippen LogP contribution in [0.4, 0.5) is 5.69 Å². The van der Waals surface area contributed by atoms with Gasteiger partial charge in [0, 0.05) is 0 Å². The second-order valence-corrected chi connectivity index (χ2v) is 32.8. The summed E-state index contributed by atoms with van der Waals surface area (Å²) in [7, 11) is 0. The van der Waals surface area contributed by atoms with E-state index in [4.69, 9.17) is 0 Å². The smallest absolute Gasteiger partial charge is 0.147 e. The molecular formula is C19H32Cl2HfNSi. The zero-order chi connectivity index (χ0) is 16.3. The fraction of sp³-hybridized carbons (Fsp3) is 0.474. The predicted molar refractivity (Wildman–Crippen MR) is 113 cm³/mol. The molecule has 1 aromatic rings. The normalized spacial score (nSPS) is 13.0. The number of nitrogens with one attached hydrogen (secondary N) is 1. The minimum atomic E-state index is -1.88. The van der Waals surface area contributed by atoms with E-state index >= 15 is 0 Å². The first-order chi connectivity index (χ1) is 10.4. The van der Waals surface area contributed by atoms with Crippen LogP contribution < -0.4 is 3.30 Å². The van der Waals surface area contributed by atoms with Gasteiger partial charge in [-0.1, -0.05) is 0 Å². The minimum Gasteiger partial charge on any atom is -0.147 e. The molecule has 0 bridgehead atoms. The van der Waals surface area contributed by atoms with Gasteiger partial charge in [0.2, 0.25) is 0 Å². The van der Waals surface area contributed by atoms with E-state index in [2.05, 4.69) is 80.5 Å². The van der Waals surface area contributed by atoms with Crippen LogP contribution in [0.25, 0.3) is 0 Å². The molecule has 24 heavy (non-hydrogen) atoms. The van der Waals surface area contributed by atoms with Crippen LogP contribution in [0.5, 0.6) is 0 Å². The number of para-hydroxylation sites is 1. The molecule has 0 atom stereocenters. The van der Waals surface area contributed by atoms with Gasteiger partial charge in [0.05, 0.1) is 0 Å². The molecule has 1 aromatic carbocycles. The Bertz CT molecular complexity index is 556. The fourth-order valence-corrected chi connectivity index (χ4v) is 22.9. The van der Waals surface area contributed by atoms with Crippen LogP contribution in [-0.2, 0) is 20.9 Å². The van der Waals surface area contributed by atoms with Crippen molar-refractivity contribution < 1.29 is 20.9 Å². The fourth-order valence-electron chi connectivity index (χ4n) is 3.07. The molecule has 0 fully saturated rings. The number of anilines is 1. The van der Waals surface area contributed by atoms with Gasteiger partial charge < -0.3 is 0 Å².